The smallest absolute Gasteiger partial charge is 0.195 e. The van der Waals surface area contributed by atoms with E-state index in [1.165, 1.54) is 11.3 Å². The molecule has 1 aliphatic rings. The Balaban J connectivity index is 0.00000220. The molecule has 1 aromatic carbocycles. The summed E-state index contributed by atoms with van der Waals surface area (Å²) in [5.74, 6) is 1.02. The van der Waals surface area contributed by atoms with Gasteiger partial charge in [0, 0.05) is 46.5 Å². The number of hydrogen-bond acceptors (Lipinski definition) is 2. The molecule has 1 aromatic rings. The molecule has 0 saturated heterocycles. The topological polar surface area (TPSA) is 22.1 Å². The highest BCUT2D eigenvalue weighted by Gasteiger charge is 2.24. The highest BCUT2D eigenvalue weighted by Crippen LogP contribution is 2.31. The van der Waals surface area contributed by atoms with Crippen LogP contribution in [0.2, 0.25) is 0 Å². The molecule has 1 unspecified atom stereocenters. The molecule has 0 saturated carbocycles. The fourth-order valence-electron chi connectivity index (χ4n) is 2.91. The first kappa shape index (κ1) is 18.1. The number of aliphatic imine (C=N–C) groups is 1. The average molecular weight is 402 g/mol. The van der Waals surface area contributed by atoms with Crippen LogP contribution in [0.1, 0.15) is 12.5 Å². The van der Waals surface area contributed by atoms with Crippen LogP contribution in [-0.2, 0) is 6.42 Å². The number of halogens is 1. The summed E-state index contributed by atoms with van der Waals surface area (Å²) < 4.78 is 0. The lowest BCUT2D eigenvalue weighted by Crippen LogP contribution is -2.37. The van der Waals surface area contributed by atoms with Gasteiger partial charge in [0.25, 0.3) is 0 Å². The number of anilines is 1. The molecular formula is C16H27IN4. The molecule has 1 aliphatic heterocycles. The third kappa shape index (κ3) is 4.25. The minimum absolute atomic E-state index is 0. The van der Waals surface area contributed by atoms with E-state index in [0.29, 0.717) is 6.04 Å². The molecule has 0 spiro atoms. The molecule has 0 N–H and O–H groups in total. The summed E-state index contributed by atoms with van der Waals surface area (Å²) in [7, 11) is 8.14. The molecule has 118 valence electrons. The third-order valence-corrected chi connectivity index (χ3v) is 3.74. The first-order valence-electron chi connectivity index (χ1n) is 7.24. The van der Waals surface area contributed by atoms with Crippen LogP contribution in [0.3, 0.4) is 0 Å². The van der Waals surface area contributed by atoms with Gasteiger partial charge in [-0.2, -0.15) is 0 Å². The average Bonchev–Trinajstić information content (AvgIpc) is 2.69. The molecule has 0 radical (unpaired) electrons. The van der Waals surface area contributed by atoms with Gasteiger partial charge in [-0.15, -0.1) is 24.0 Å². The van der Waals surface area contributed by atoms with Gasteiger partial charge in [-0.3, -0.25) is 4.99 Å². The summed E-state index contributed by atoms with van der Waals surface area (Å²) in [6.45, 7) is 4.09. The maximum atomic E-state index is 4.72. The van der Waals surface area contributed by atoms with E-state index in [2.05, 4.69) is 45.9 Å². The summed E-state index contributed by atoms with van der Waals surface area (Å²) in [4.78, 5) is 11.3. The van der Waals surface area contributed by atoms with Gasteiger partial charge < -0.3 is 14.7 Å². The van der Waals surface area contributed by atoms with Gasteiger partial charge >= 0.3 is 0 Å². The first-order valence-corrected chi connectivity index (χ1v) is 7.24. The number of rotatable bonds is 3. The summed E-state index contributed by atoms with van der Waals surface area (Å²) in [6, 6.07) is 9.29. The predicted molar refractivity (Wildman–Crippen MR) is 102 cm³/mol. The van der Waals surface area contributed by atoms with Gasteiger partial charge in [0.1, 0.15) is 0 Å². The number of nitrogens with zero attached hydrogens (tertiary/aromatic N) is 4. The minimum atomic E-state index is 0. The highest BCUT2D eigenvalue weighted by molar-refractivity contribution is 14.0. The fraction of sp³-hybridized carbons (Fsp3) is 0.562. The second-order valence-electron chi connectivity index (χ2n) is 5.85. The molecule has 0 aliphatic carbocycles. The van der Waals surface area contributed by atoms with Crippen LogP contribution in [0.15, 0.2) is 29.3 Å². The zero-order valence-corrected chi connectivity index (χ0v) is 16.0. The minimum Gasteiger partial charge on any atom is -0.366 e. The lowest BCUT2D eigenvalue weighted by Gasteiger charge is -2.26. The molecule has 5 heteroatoms. The van der Waals surface area contributed by atoms with E-state index >= 15 is 0 Å². The highest BCUT2D eigenvalue weighted by atomic mass is 127. The van der Waals surface area contributed by atoms with Crippen molar-refractivity contribution in [3.63, 3.8) is 0 Å². The molecular weight excluding hydrogens is 375 g/mol. The normalized spacial score (nSPS) is 16.0. The Morgan fingerprint density at radius 2 is 1.81 bits per heavy atom. The molecule has 2 rings (SSSR count). The predicted octanol–water partition coefficient (Wildman–Crippen LogP) is 2.53. The van der Waals surface area contributed by atoms with Gasteiger partial charge in [0.2, 0.25) is 0 Å². The van der Waals surface area contributed by atoms with Crippen molar-refractivity contribution >= 4 is 35.6 Å². The lowest BCUT2D eigenvalue weighted by molar-refractivity contribution is 0.479. The summed E-state index contributed by atoms with van der Waals surface area (Å²) >= 11 is 0. The molecule has 1 heterocycles. The van der Waals surface area contributed by atoms with Crippen molar-refractivity contribution in [1.29, 1.82) is 0 Å². The zero-order valence-electron chi connectivity index (χ0n) is 13.7. The molecule has 4 nitrogen and oxygen atoms in total. The van der Waals surface area contributed by atoms with E-state index < -0.39 is 0 Å². The number of hydrogen-bond donors (Lipinski definition) is 0. The Bertz CT molecular complexity index is 475. The monoisotopic (exact) mass is 402 g/mol. The summed E-state index contributed by atoms with van der Waals surface area (Å²) in [5.41, 5.74) is 2.84. The second-order valence-corrected chi connectivity index (χ2v) is 5.85. The Morgan fingerprint density at radius 3 is 2.43 bits per heavy atom. The van der Waals surface area contributed by atoms with Gasteiger partial charge in [-0.1, -0.05) is 18.2 Å². The van der Waals surface area contributed by atoms with Crippen molar-refractivity contribution in [3.05, 3.63) is 29.8 Å². The van der Waals surface area contributed by atoms with Crippen molar-refractivity contribution in [2.45, 2.75) is 19.4 Å². The molecule has 0 fully saturated rings. The zero-order chi connectivity index (χ0) is 14.7. The molecule has 0 aromatic heterocycles. The Labute approximate surface area is 145 Å². The number of guanidine groups is 1. The van der Waals surface area contributed by atoms with Crippen molar-refractivity contribution in [2.24, 2.45) is 4.99 Å². The van der Waals surface area contributed by atoms with Crippen LogP contribution in [0, 0.1) is 0 Å². The Hall–Kier alpha value is -0.980. The maximum absolute atomic E-state index is 4.72. The quantitative estimate of drug-likeness (QED) is 0.441. The van der Waals surface area contributed by atoms with E-state index in [1.54, 1.807) is 0 Å². The second kappa shape index (κ2) is 7.87. The van der Waals surface area contributed by atoms with Gasteiger partial charge in [-0.05, 0) is 25.0 Å². The Morgan fingerprint density at radius 1 is 1.19 bits per heavy atom. The molecule has 21 heavy (non-hydrogen) atoms. The van der Waals surface area contributed by atoms with E-state index in [-0.39, 0.29) is 24.0 Å². The van der Waals surface area contributed by atoms with Crippen LogP contribution in [-0.4, -0.2) is 63.1 Å². The van der Waals surface area contributed by atoms with Crippen LogP contribution >= 0.6 is 24.0 Å². The van der Waals surface area contributed by atoms with Crippen molar-refractivity contribution in [3.8, 4) is 0 Å². The van der Waals surface area contributed by atoms with E-state index in [1.807, 2.05) is 28.2 Å². The number of fused-ring (bicyclic) bond motifs is 1. The van der Waals surface area contributed by atoms with Crippen molar-refractivity contribution in [1.82, 2.24) is 9.80 Å². The van der Waals surface area contributed by atoms with Crippen LogP contribution in [0.4, 0.5) is 5.69 Å². The summed E-state index contributed by atoms with van der Waals surface area (Å²) in [6.07, 6.45) is 1.15. The standard InChI is InChI=1S/C16H26N4.HI/c1-13-12-14-8-6-7-9-15(14)20(13)11-10-17-16(18(2)3)19(4)5;/h6-9,13H,10-12H2,1-5H3;1H. The van der Waals surface area contributed by atoms with Gasteiger partial charge in [-0.25, -0.2) is 0 Å². The van der Waals surface area contributed by atoms with E-state index in [4.69, 9.17) is 4.99 Å². The van der Waals surface area contributed by atoms with Gasteiger partial charge in [0.05, 0.1) is 6.54 Å². The van der Waals surface area contributed by atoms with Crippen LogP contribution in [0.25, 0.3) is 0 Å². The van der Waals surface area contributed by atoms with Crippen molar-refractivity contribution < 1.29 is 0 Å². The molecule has 0 bridgehead atoms. The molecule has 1 atom stereocenters. The largest absolute Gasteiger partial charge is 0.366 e. The maximum Gasteiger partial charge on any atom is 0.195 e. The number of para-hydroxylation sites is 1. The first-order chi connectivity index (χ1) is 9.50. The van der Waals surface area contributed by atoms with Crippen molar-refractivity contribution in [2.75, 3.05) is 46.2 Å². The van der Waals surface area contributed by atoms with Crippen LogP contribution < -0.4 is 4.90 Å². The molecule has 0 amide bonds. The van der Waals surface area contributed by atoms with Crippen LogP contribution in [0.5, 0.6) is 0 Å². The SMILES string of the molecule is CC1Cc2ccccc2N1CCN=C(N(C)C)N(C)C.I. The fourth-order valence-corrected chi connectivity index (χ4v) is 2.91. The lowest BCUT2D eigenvalue weighted by atomic mass is 10.1. The third-order valence-electron chi connectivity index (χ3n) is 3.74. The Kier molecular flexibility index (Phi) is 6.77. The van der Waals surface area contributed by atoms with E-state index in [9.17, 15) is 0 Å². The summed E-state index contributed by atoms with van der Waals surface area (Å²) in [5, 5.41) is 0. The number of benzene rings is 1. The van der Waals surface area contributed by atoms with Gasteiger partial charge in [0.15, 0.2) is 5.96 Å². The van der Waals surface area contributed by atoms with E-state index in [0.717, 1.165) is 25.5 Å².